The fourth-order valence-corrected chi connectivity index (χ4v) is 1.14. The molecule has 3 N–H and O–H groups in total. The van der Waals surface area contributed by atoms with E-state index in [9.17, 15) is 14.4 Å². The molecule has 0 aliphatic rings. The van der Waals surface area contributed by atoms with Crippen LogP contribution in [0.25, 0.3) is 0 Å². The molecule has 0 saturated carbocycles. The van der Waals surface area contributed by atoms with Crippen molar-refractivity contribution in [1.82, 2.24) is 0 Å². The molecule has 0 aliphatic carbocycles. The van der Waals surface area contributed by atoms with Crippen LogP contribution in [0.3, 0.4) is 0 Å². The van der Waals surface area contributed by atoms with Gasteiger partial charge in [0.2, 0.25) is 0 Å². The Hall–Kier alpha value is -2.49. The predicted molar refractivity (Wildman–Crippen MR) is 50.6 cm³/mol. The highest BCUT2D eigenvalue weighted by molar-refractivity contribution is 6.00. The molecule has 0 aliphatic heterocycles. The Kier molecular flexibility index (Phi) is 4.32. The Balaban J connectivity index is 3.32. The van der Waals surface area contributed by atoms with Gasteiger partial charge < -0.3 is 0 Å². The molecule has 1 rings (SSSR count). The fourth-order valence-electron chi connectivity index (χ4n) is 1.14. The van der Waals surface area contributed by atoms with Gasteiger partial charge in [0, 0.05) is 0 Å². The van der Waals surface area contributed by atoms with Crippen LogP contribution in [0.1, 0.15) is 31.1 Å². The molecule has 9 heteroatoms. The molecule has 0 spiro atoms. The van der Waals surface area contributed by atoms with Gasteiger partial charge in [-0.2, -0.15) is 15.8 Å². The van der Waals surface area contributed by atoms with Gasteiger partial charge in [-0.25, -0.2) is 14.4 Å². The third-order valence-electron chi connectivity index (χ3n) is 1.89. The molecule has 0 amide bonds. The normalized spacial score (nSPS) is 9.50. The van der Waals surface area contributed by atoms with Crippen LogP contribution in [0.2, 0.25) is 0 Å². The monoisotopic (exact) mass is 258 g/mol. The van der Waals surface area contributed by atoms with E-state index in [1.165, 1.54) is 0 Å². The molecule has 0 fully saturated rings. The quantitative estimate of drug-likeness (QED) is 0.403. The summed E-state index contributed by atoms with van der Waals surface area (Å²) < 4.78 is 0. The molecule has 1 aromatic rings. The first-order chi connectivity index (χ1) is 8.53. The van der Waals surface area contributed by atoms with Crippen LogP contribution in [0.15, 0.2) is 18.2 Å². The second kappa shape index (κ2) is 5.72. The van der Waals surface area contributed by atoms with E-state index in [-0.39, 0.29) is 0 Å². The predicted octanol–water partition coefficient (Wildman–Crippen LogP) is 0.576. The van der Waals surface area contributed by atoms with Crippen LogP contribution in [0.5, 0.6) is 0 Å². The highest BCUT2D eigenvalue weighted by atomic mass is 17.1. The zero-order valence-corrected chi connectivity index (χ0v) is 8.52. The zero-order valence-electron chi connectivity index (χ0n) is 8.52. The molecule has 96 valence electrons. The van der Waals surface area contributed by atoms with Crippen LogP contribution in [0.4, 0.5) is 0 Å². The lowest BCUT2D eigenvalue weighted by Gasteiger charge is -2.04. The summed E-state index contributed by atoms with van der Waals surface area (Å²) in [5, 5.41) is 24.5. The number of hydrogen-bond donors (Lipinski definition) is 3. The summed E-state index contributed by atoms with van der Waals surface area (Å²) in [5.41, 5.74) is -1.21. The molecule has 0 atom stereocenters. The van der Waals surface area contributed by atoms with Crippen molar-refractivity contribution in [2.24, 2.45) is 0 Å². The lowest BCUT2D eigenvalue weighted by atomic mass is 10.1. The molecular formula is C9H6O9. The molecule has 0 bridgehead atoms. The van der Waals surface area contributed by atoms with Crippen molar-refractivity contribution in [2.45, 2.75) is 0 Å². The van der Waals surface area contributed by atoms with Gasteiger partial charge >= 0.3 is 17.9 Å². The highest BCUT2D eigenvalue weighted by Gasteiger charge is 2.19. The largest absolute Gasteiger partial charge is 0.372 e. The maximum Gasteiger partial charge on any atom is 0.372 e. The summed E-state index contributed by atoms with van der Waals surface area (Å²) in [6.45, 7) is 0. The molecule has 0 heterocycles. The molecule has 9 nitrogen and oxygen atoms in total. The van der Waals surface area contributed by atoms with Crippen LogP contribution >= 0.6 is 0 Å². The van der Waals surface area contributed by atoms with Crippen LogP contribution in [-0.4, -0.2) is 33.7 Å². The van der Waals surface area contributed by atoms with E-state index in [1.54, 1.807) is 0 Å². The Labute approximate surface area is 98.5 Å². The summed E-state index contributed by atoms with van der Waals surface area (Å²) in [6.07, 6.45) is 0. The zero-order chi connectivity index (χ0) is 13.7. The van der Waals surface area contributed by atoms with Crippen LogP contribution < -0.4 is 0 Å². The van der Waals surface area contributed by atoms with Crippen molar-refractivity contribution in [3.8, 4) is 0 Å². The Morgan fingerprint density at radius 3 is 1.06 bits per heavy atom. The number of carbonyl (C=O) groups is 3. The Bertz CT molecular complexity index is 409. The molecule has 18 heavy (non-hydrogen) atoms. The van der Waals surface area contributed by atoms with Gasteiger partial charge in [0.15, 0.2) is 0 Å². The number of benzene rings is 1. The van der Waals surface area contributed by atoms with Gasteiger partial charge in [-0.15, -0.1) is 0 Å². The van der Waals surface area contributed by atoms with E-state index < -0.39 is 34.6 Å². The summed E-state index contributed by atoms with van der Waals surface area (Å²) in [4.78, 5) is 43.3. The Morgan fingerprint density at radius 2 is 0.889 bits per heavy atom. The molecule has 0 aromatic heterocycles. The smallest absolute Gasteiger partial charge is 0.296 e. The van der Waals surface area contributed by atoms with Gasteiger partial charge in [-0.3, -0.25) is 14.7 Å². The van der Waals surface area contributed by atoms with Crippen LogP contribution in [0, 0.1) is 0 Å². The third kappa shape index (κ3) is 2.79. The van der Waals surface area contributed by atoms with Gasteiger partial charge in [0.1, 0.15) is 0 Å². The van der Waals surface area contributed by atoms with Gasteiger partial charge in [0.25, 0.3) is 0 Å². The van der Waals surface area contributed by atoms with E-state index in [4.69, 9.17) is 15.8 Å². The van der Waals surface area contributed by atoms with E-state index in [2.05, 4.69) is 14.7 Å². The lowest BCUT2D eigenvalue weighted by Crippen LogP contribution is -2.11. The Morgan fingerprint density at radius 1 is 0.667 bits per heavy atom. The lowest BCUT2D eigenvalue weighted by molar-refractivity contribution is -0.184. The number of rotatable bonds is 3. The minimum Gasteiger partial charge on any atom is -0.296 e. The minimum absolute atomic E-state index is 0.402. The molecule has 0 radical (unpaired) electrons. The average Bonchev–Trinajstić information content (AvgIpc) is 2.43. The van der Waals surface area contributed by atoms with Gasteiger partial charge in [0.05, 0.1) is 16.7 Å². The van der Waals surface area contributed by atoms with Crippen molar-refractivity contribution >= 4 is 17.9 Å². The van der Waals surface area contributed by atoms with Gasteiger partial charge in [-0.05, 0) is 18.2 Å². The number of hydrogen-bond acceptors (Lipinski definition) is 9. The second-order valence-corrected chi connectivity index (χ2v) is 2.94. The van der Waals surface area contributed by atoms with Crippen molar-refractivity contribution in [2.75, 3.05) is 0 Å². The van der Waals surface area contributed by atoms with Crippen molar-refractivity contribution in [3.05, 3.63) is 34.9 Å². The first-order valence-corrected chi connectivity index (χ1v) is 4.25. The van der Waals surface area contributed by atoms with Gasteiger partial charge in [-0.1, -0.05) is 0 Å². The summed E-state index contributed by atoms with van der Waals surface area (Å²) in [7, 11) is 0. The molecule has 1 aromatic carbocycles. The highest BCUT2D eigenvalue weighted by Crippen LogP contribution is 2.13. The number of carbonyl (C=O) groups excluding carboxylic acids is 3. The summed E-state index contributed by atoms with van der Waals surface area (Å²) in [6, 6.07) is 2.64. The average molecular weight is 258 g/mol. The van der Waals surface area contributed by atoms with Crippen molar-refractivity contribution < 1.29 is 44.8 Å². The third-order valence-corrected chi connectivity index (χ3v) is 1.89. The first kappa shape index (κ1) is 13.6. The van der Waals surface area contributed by atoms with E-state index in [1.807, 2.05) is 0 Å². The van der Waals surface area contributed by atoms with E-state index >= 15 is 0 Å². The molecular weight excluding hydrogens is 252 g/mol. The van der Waals surface area contributed by atoms with E-state index in [0.717, 1.165) is 18.2 Å². The molecule has 0 unspecified atom stereocenters. The maximum atomic E-state index is 11.0. The van der Waals surface area contributed by atoms with E-state index in [0.29, 0.717) is 0 Å². The summed E-state index contributed by atoms with van der Waals surface area (Å²) in [5.74, 6) is -3.81. The van der Waals surface area contributed by atoms with Crippen LogP contribution in [-0.2, 0) is 14.7 Å². The second-order valence-electron chi connectivity index (χ2n) is 2.94. The van der Waals surface area contributed by atoms with Crippen molar-refractivity contribution in [3.63, 3.8) is 0 Å². The standard InChI is InChI=1S/C9H6O9/c10-7(16-13)4-1-5(8(11)17-14)3-6(2-4)9(12)18-15/h1-3,13-15H. The first-order valence-electron chi connectivity index (χ1n) is 4.25. The fraction of sp³-hybridized carbons (Fsp3) is 0. The maximum absolute atomic E-state index is 11.0. The summed E-state index contributed by atoms with van der Waals surface area (Å²) >= 11 is 0. The topological polar surface area (TPSA) is 140 Å². The SMILES string of the molecule is O=C(OO)c1cc(C(=O)OO)cc(C(=O)OO)c1. The van der Waals surface area contributed by atoms with Crippen molar-refractivity contribution in [1.29, 1.82) is 0 Å². The molecule has 0 saturated heterocycles. The minimum atomic E-state index is -1.27.